The van der Waals surface area contributed by atoms with E-state index in [4.69, 9.17) is 0 Å². The SMILES string of the molecule is CCCC12CC1=[N+]2[O-]. The fourth-order valence-electron chi connectivity index (χ4n) is 1.38. The summed E-state index contributed by atoms with van der Waals surface area (Å²) in [6, 6.07) is 0. The molecular weight excluding hydrogens is 102 g/mol. The second kappa shape index (κ2) is 0.925. The number of hydrogen-bond acceptors (Lipinski definition) is 1. The molecule has 2 nitrogen and oxygen atoms in total. The minimum Gasteiger partial charge on any atom is -0.623 e. The molecule has 1 atom stereocenters. The van der Waals surface area contributed by atoms with Crippen molar-refractivity contribution in [3.63, 3.8) is 0 Å². The largest absolute Gasteiger partial charge is 0.623 e. The summed E-state index contributed by atoms with van der Waals surface area (Å²) in [5, 5.41) is 10.5. The zero-order chi connectivity index (χ0) is 5.78. The highest BCUT2D eigenvalue weighted by Gasteiger charge is 2.79. The molecule has 0 N–H and O–H groups in total. The van der Waals surface area contributed by atoms with Crippen molar-refractivity contribution in [1.82, 2.24) is 0 Å². The summed E-state index contributed by atoms with van der Waals surface area (Å²) >= 11 is 0. The van der Waals surface area contributed by atoms with E-state index in [1.165, 1.54) is 0 Å². The zero-order valence-electron chi connectivity index (χ0n) is 4.98. The molecule has 0 aromatic heterocycles. The van der Waals surface area contributed by atoms with Crippen molar-refractivity contribution < 1.29 is 4.74 Å². The molecule has 1 saturated carbocycles. The molecule has 0 aromatic carbocycles. The van der Waals surface area contributed by atoms with Crippen molar-refractivity contribution in [2.45, 2.75) is 31.7 Å². The number of fused-ring (bicyclic) bond motifs is 1. The Morgan fingerprint density at radius 2 is 2.50 bits per heavy atom. The van der Waals surface area contributed by atoms with Crippen LogP contribution in [0.2, 0.25) is 0 Å². The van der Waals surface area contributed by atoms with Gasteiger partial charge in [0.25, 0.3) is 5.54 Å². The highest BCUT2D eigenvalue weighted by Crippen LogP contribution is 2.52. The van der Waals surface area contributed by atoms with Crippen molar-refractivity contribution >= 4 is 5.71 Å². The van der Waals surface area contributed by atoms with Crippen molar-refractivity contribution in [3.05, 3.63) is 5.21 Å². The summed E-state index contributed by atoms with van der Waals surface area (Å²) in [6.45, 7) is 2.12. The van der Waals surface area contributed by atoms with Crippen molar-refractivity contribution in [1.29, 1.82) is 0 Å². The highest BCUT2D eigenvalue weighted by molar-refractivity contribution is 6.12. The van der Waals surface area contributed by atoms with Crippen LogP contribution in [0.5, 0.6) is 0 Å². The third kappa shape index (κ3) is 0.261. The van der Waals surface area contributed by atoms with Gasteiger partial charge in [0, 0.05) is 6.42 Å². The van der Waals surface area contributed by atoms with Gasteiger partial charge in [-0.3, -0.25) is 0 Å². The molecule has 0 bridgehead atoms. The Hall–Kier alpha value is -0.530. The van der Waals surface area contributed by atoms with E-state index < -0.39 is 0 Å². The molecule has 0 radical (unpaired) electrons. The first kappa shape index (κ1) is 4.36. The van der Waals surface area contributed by atoms with E-state index >= 15 is 0 Å². The third-order valence-corrected chi connectivity index (χ3v) is 2.12. The van der Waals surface area contributed by atoms with Crippen LogP contribution >= 0.6 is 0 Å². The molecule has 2 aliphatic rings. The van der Waals surface area contributed by atoms with Crippen LogP contribution in [-0.2, 0) is 0 Å². The van der Waals surface area contributed by atoms with Gasteiger partial charge in [-0.15, -0.1) is 0 Å². The number of nitrogens with zero attached hydrogens (tertiary/aromatic N) is 1. The topological polar surface area (TPSA) is 26.1 Å². The maximum Gasteiger partial charge on any atom is 0.262 e. The summed E-state index contributed by atoms with van der Waals surface area (Å²) in [4.78, 5) is 0. The Morgan fingerprint density at radius 3 is 2.62 bits per heavy atom. The fourth-order valence-corrected chi connectivity index (χ4v) is 1.38. The van der Waals surface area contributed by atoms with Gasteiger partial charge in [0.1, 0.15) is 6.42 Å². The van der Waals surface area contributed by atoms with Gasteiger partial charge in [0.15, 0.2) is 0 Å². The van der Waals surface area contributed by atoms with E-state index in [2.05, 4.69) is 6.92 Å². The molecule has 0 saturated heterocycles. The third-order valence-electron chi connectivity index (χ3n) is 2.12. The quantitative estimate of drug-likeness (QED) is 0.384. The average Bonchev–Trinajstić information content (AvgIpc) is 2.55. The van der Waals surface area contributed by atoms with Crippen LogP contribution in [0.1, 0.15) is 26.2 Å². The minimum atomic E-state index is 0.120. The number of hydrogen-bond donors (Lipinski definition) is 0. The van der Waals surface area contributed by atoms with Gasteiger partial charge >= 0.3 is 0 Å². The Balaban J connectivity index is 1.98. The normalized spacial score (nSPS) is 39.6. The molecule has 1 unspecified atom stereocenters. The van der Waals surface area contributed by atoms with Gasteiger partial charge in [0.05, 0.1) is 0 Å². The van der Waals surface area contributed by atoms with Crippen LogP contribution in [0.3, 0.4) is 0 Å². The molecule has 2 heteroatoms. The monoisotopic (exact) mass is 111 g/mol. The van der Waals surface area contributed by atoms with Crippen LogP contribution in [0.25, 0.3) is 0 Å². The second-order valence-corrected chi connectivity index (χ2v) is 2.70. The van der Waals surface area contributed by atoms with E-state index in [-0.39, 0.29) is 5.54 Å². The van der Waals surface area contributed by atoms with E-state index in [0.29, 0.717) is 0 Å². The van der Waals surface area contributed by atoms with E-state index in [1.54, 1.807) is 0 Å². The lowest BCUT2D eigenvalue weighted by molar-refractivity contribution is -0.448. The molecule has 1 heterocycles. The maximum atomic E-state index is 10.5. The minimum absolute atomic E-state index is 0.120. The van der Waals surface area contributed by atoms with Crippen LogP contribution in [0.4, 0.5) is 0 Å². The van der Waals surface area contributed by atoms with E-state index in [0.717, 1.165) is 29.7 Å². The van der Waals surface area contributed by atoms with E-state index in [9.17, 15) is 5.21 Å². The predicted molar refractivity (Wildman–Crippen MR) is 30.9 cm³/mol. The van der Waals surface area contributed by atoms with Gasteiger partial charge in [-0.05, 0) is 6.42 Å². The van der Waals surface area contributed by atoms with Crippen LogP contribution in [0, 0.1) is 5.21 Å². The Morgan fingerprint density at radius 1 is 1.88 bits per heavy atom. The van der Waals surface area contributed by atoms with Crippen molar-refractivity contribution in [3.8, 4) is 0 Å². The first-order chi connectivity index (χ1) is 3.81. The molecule has 1 aliphatic heterocycles. The fraction of sp³-hybridized carbons (Fsp3) is 0.833. The molecule has 44 valence electrons. The zero-order valence-corrected chi connectivity index (χ0v) is 4.98. The summed E-state index contributed by atoms with van der Waals surface area (Å²) < 4.78 is 1.16. The summed E-state index contributed by atoms with van der Waals surface area (Å²) in [7, 11) is 0. The first-order valence-electron chi connectivity index (χ1n) is 3.15. The Labute approximate surface area is 48.4 Å². The van der Waals surface area contributed by atoms with Crippen molar-refractivity contribution in [2.24, 2.45) is 0 Å². The molecule has 1 aliphatic carbocycles. The van der Waals surface area contributed by atoms with Crippen LogP contribution in [0.15, 0.2) is 0 Å². The summed E-state index contributed by atoms with van der Waals surface area (Å²) in [6.07, 6.45) is 3.33. The predicted octanol–water partition coefficient (Wildman–Crippen LogP) is 0.894. The Kier molecular flexibility index (Phi) is 0.504. The maximum absolute atomic E-state index is 10.5. The first-order valence-corrected chi connectivity index (χ1v) is 3.15. The molecule has 0 spiro atoms. The van der Waals surface area contributed by atoms with Gasteiger partial charge < -0.3 is 5.21 Å². The molecule has 1 fully saturated rings. The van der Waals surface area contributed by atoms with Crippen LogP contribution in [-0.4, -0.2) is 16.0 Å². The smallest absolute Gasteiger partial charge is 0.262 e. The molecule has 0 amide bonds. The van der Waals surface area contributed by atoms with Gasteiger partial charge in [-0.1, -0.05) is 6.92 Å². The lowest BCUT2D eigenvalue weighted by Gasteiger charge is -1.97. The number of rotatable bonds is 2. The van der Waals surface area contributed by atoms with Gasteiger partial charge in [-0.25, -0.2) is 0 Å². The van der Waals surface area contributed by atoms with Crippen molar-refractivity contribution in [2.75, 3.05) is 0 Å². The van der Waals surface area contributed by atoms with Gasteiger partial charge in [-0.2, -0.15) is 4.74 Å². The Bertz CT molecular complexity index is 165. The summed E-state index contributed by atoms with van der Waals surface area (Å²) in [5.41, 5.74) is 1.27. The summed E-state index contributed by atoms with van der Waals surface area (Å²) in [5.74, 6) is 0. The lowest BCUT2D eigenvalue weighted by Crippen LogP contribution is -2.07. The lowest BCUT2D eigenvalue weighted by atomic mass is 10.2. The average molecular weight is 111 g/mol. The second-order valence-electron chi connectivity index (χ2n) is 2.70. The molecule has 8 heavy (non-hydrogen) atoms. The van der Waals surface area contributed by atoms with Gasteiger partial charge in [0.2, 0.25) is 5.71 Å². The number of hydroxylamine groups is 1. The molecule has 0 aromatic rings. The highest BCUT2D eigenvalue weighted by atomic mass is 16.5. The molecular formula is C6H9NO. The standard InChI is InChI=1S/C6H9NO/c1-2-3-6-4-5(6)7(6)8/h2-4H2,1H3. The molecule has 2 rings (SSSR count). The van der Waals surface area contributed by atoms with Crippen LogP contribution < -0.4 is 0 Å². The van der Waals surface area contributed by atoms with E-state index in [1.807, 2.05) is 0 Å².